The molecule has 37 heavy (non-hydrogen) atoms. The molecule has 3 aliphatic rings. The van der Waals surface area contributed by atoms with E-state index in [9.17, 15) is 14.4 Å². The molecule has 192 valence electrons. The summed E-state index contributed by atoms with van der Waals surface area (Å²) >= 11 is 0. The number of fused-ring (bicyclic) bond motifs is 3. The summed E-state index contributed by atoms with van der Waals surface area (Å²) in [5, 5.41) is 2.94. The number of Topliss-reactive ketones (excluding diaryl/α,β-unsaturated/α-hetero) is 1. The van der Waals surface area contributed by atoms with Gasteiger partial charge in [0.2, 0.25) is 5.91 Å². The number of amides is 1. The summed E-state index contributed by atoms with van der Waals surface area (Å²) in [6.07, 6.45) is 0.757. The summed E-state index contributed by atoms with van der Waals surface area (Å²) in [6.45, 7) is 11.8. The van der Waals surface area contributed by atoms with Crippen molar-refractivity contribution in [3.8, 4) is 0 Å². The fourth-order valence-electron chi connectivity index (χ4n) is 6.23. The zero-order valence-corrected chi connectivity index (χ0v) is 22.2. The van der Waals surface area contributed by atoms with E-state index in [-0.39, 0.29) is 35.6 Å². The second-order valence-electron chi connectivity index (χ2n) is 11.2. The van der Waals surface area contributed by atoms with E-state index in [0.717, 1.165) is 22.4 Å². The van der Waals surface area contributed by atoms with Gasteiger partial charge in [-0.05, 0) is 68.9 Å². The van der Waals surface area contributed by atoms with Crippen molar-refractivity contribution in [2.45, 2.75) is 59.8 Å². The van der Waals surface area contributed by atoms with E-state index in [0.29, 0.717) is 28.9 Å². The second-order valence-corrected chi connectivity index (χ2v) is 11.2. The standard InChI is InChI=1S/C30H33N3O4/c1-7-37-27(35)25-26(31)33(19-11-17(3)10-18(4)12-19)22-14-29(5,6)15-23(34)24(22)30(25)20-13-16(2)8-9-21(20)32-28(30)36/h8-13H,7,14-15,31H2,1-6H3,(H,32,36). The minimum Gasteiger partial charge on any atom is -0.462 e. The normalized spacial score (nSPS) is 22.3. The van der Waals surface area contributed by atoms with Gasteiger partial charge in [-0.1, -0.05) is 37.6 Å². The quantitative estimate of drug-likeness (QED) is 0.594. The predicted octanol–water partition coefficient (Wildman–Crippen LogP) is 4.70. The highest BCUT2D eigenvalue weighted by Crippen LogP contribution is 2.57. The smallest absolute Gasteiger partial charge is 0.339 e. The topological polar surface area (TPSA) is 102 Å². The molecule has 0 aromatic heterocycles. The molecular weight excluding hydrogens is 466 g/mol. The summed E-state index contributed by atoms with van der Waals surface area (Å²) < 4.78 is 5.50. The van der Waals surface area contributed by atoms with Crippen LogP contribution in [-0.4, -0.2) is 24.3 Å². The molecule has 0 bridgehead atoms. The van der Waals surface area contributed by atoms with Gasteiger partial charge in [-0.25, -0.2) is 4.79 Å². The van der Waals surface area contributed by atoms with Gasteiger partial charge in [0.15, 0.2) is 5.78 Å². The molecule has 0 radical (unpaired) electrons. The first-order valence-corrected chi connectivity index (χ1v) is 12.7. The Morgan fingerprint density at radius 2 is 1.70 bits per heavy atom. The predicted molar refractivity (Wildman–Crippen MR) is 143 cm³/mol. The van der Waals surface area contributed by atoms with Gasteiger partial charge in [0.1, 0.15) is 16.8 Å². The summed E-state index contributed by atoms with van der Waals surface area (Å²) in [5.74, 6) is -1.22. The molecule has 7 nitrogen and oxygen atoms in total. The van der Waals surface area contributed by atoms with Crippen molar-refractivity contribution in [2.24, 2.45) is 11.1 Å². The number of nitrogens with zero attached hydrogens (tertiary/aromatic N) is 1. The zero-order chi connectivity index (χ0) is 26.9. The molecule has 1 unspecified atom stereocenters. The Morgan fingerprint density at radius 3 is 2.35 bits per heavy atom. The van der Waals surface area contributed by atoms with E-state index < -0.39 is 17.3 Å². The van der Waals surface area contributed by atoms with Crippen molar-refractivity contribution >= 4 is 29.0 Å². The van der Waals surface area contributed by atoms with Crippen LogP contribution >= 0.6 is 0 Å². The highest BCUT2D eigenvalue weighted by atomic mass is 16.5. The lowest BCUT2D eigenvalue weighted by Gasteiger charge is -2.47. The average Bonchev–Trinajstić information content (AvgIpc) is 3.03. The van der Waals surface area contributed by atoms with Crippen LogP contribution in [0.2, 0.25) is 0 Å². The molecule has 2 aliphatic heterocycles. The number of anilines is 2. The average molecular weight is 500 g/mol. The highest BCUT2D eigenvalue weighted by molar-refractivity contribution is 6.23. The summed E-state index contributed by atoms with van der Waals surface area (Å²) in [6, 6.07) is 11.6. The number of hydrogen-bond acceptors (Lipinski definition) is 6. The fraction of sp³-hybridized carbons (Fsp3) is 0.367. The number of rotatable bonds is 3. The Hall–Kier alpha value is -3.87. The first kappa shape index (κ1) is 24.8. The number of nitrogens with one attached hydrogen (secondary N) is 1. The number of esters is 1. The molecule has 2 aromatic carbocycles. The monoisotopic (exact) mass is 499 g/mol. The van der Waals surface area contributed by atoms with Crippen molar-refractivity contribution in [2.75, 3.05) is 16.8 Å². The maximum atomic E-state index is 14.1. The molecule has 1 amide bonds. The van der Waals surface area contributed by atoms with Crippen LogP contribution in [0.15, 0.2) is 59.1 Å². The molecule has 1 spiro atoms. The summed E-state index contributed by atoms with van der Waals surface area (Å²) in [7, 11) is 0. The Kier molecular flexibility index (Phi) is 5.59. The third kappa shape index (κ3) is 3.59. The minimum atomic E-state index is -1.68. The van der Waals surface area contributed by atoms with Crippen molar-refractivity contribution in [1.82, 2.24) is 0 Å². The highest BCUT2D eigenvalue weighted by Gasteiger charge is 2.63. The molecule has 0 saturated carbocycles. The fourth-order valence-corrected chi connectivity index (χ4v) is 6.23. The van der Waals surface area contributed by atoms with Crippen LogP contribution in [-0.2, 0) is 24.5 Å². The maximum absolute atomic E-state index is 14.1. The first-order chi connectivity index (χ1) is 17.4. The Labute approximate surface area is 217 Å². The van der Waals surface area contributed by atoms with Gasteiger partial charge in [-0.3, -0.25) is 14.5 Å². The maximum Gasteiger partial charge on any atom is 0.339 e. The van der Waals surface area contributed by atoms with Crippen molar-refractivity contribution in [3.63, 3.8) is 0 Å². The van der Waals surface area contributed by atoms with Gasteiger partial charge >= 0.3 is 5.97 Å². The minimum absolute atomic E-state index is 0.0119. The van der Waals surface area contributed by atoms with E-state index in [2.05, 4.69) is 11.4 Å². The molecule has 0 fully saturated rings. The molecule has 2 heterocycles. The Bertz CT molecular complexity index is 1430. The SMILES string of the molecule is CCOC(=O)C1=C(N)N(c2cc(C)cc(C)c2)C2=C(C(=O)CC(C)(C)C2)C12C(=O)Nc1ccc(C)cc12. The Balaban J connectivity index is 1.94. The number of ketones is 1. The van der Waals surface area contributed by atoms with E-state index in [4.69, 9.17) is 10.5 Å². The van der Waals surface area contributed by atoms with Crippen molar-refractivity contribution in [1.29, 1.82) is 0 Å². The van der Waals surface area contributed by atoms with E-state index >= 15 is 0 Å². The third-order valence-electron chi connectivity index (χ3n) is 7.48. The number of allylic oxidation sites excluding steroid dienone is 1. The van der Waals surface area contributed by atoms with Gasteiger partial charge in [0.25, 0.3) is 0 Å². The molecule has 2 aromatic rings. The number of nitrogens with two attached hydrogens (primary N) is 1. The lowest BCUT2D eigenvalue weighted by molar-refractivity contribution is -0.140. The van der Waals surface area contributed by atoms with Crippen LogP contribution in [0.25, 0.3) is 0 Å². The Morgan fingerprint density at radius 1 is 1.03 bits per heavy atom. The number of aryl methyl sites for hydroxylation is 3. The largest absolute Gasteiger partial charge is 0.462 e. The van der Waals surface area contributed by atoms with Gasteiger partial charge in [-0.15, -0.1) is 0 Å². The first-order valence-electron chi connectivity index (χ1n) is 12.7. The molecule has 0 saturated heterocycles. The van der Waals surface area contributed by atoms with Crippen LogP contribution in [0, 0.1) is 26.2 Å². The molecule has 5 rings (SSSR count). The molecule has 7 heteroatoms. The number of carbonyl (C=O) groups is 3. The van der Waals surface area contributed by atoms with Gasteiger partial charge in [0.05, 0.1) is 6.61 Å². The van der Waals surface area contributed by atoms with Gasteiger partial charge < -0.3 is 15.8 Å². The van der Waals surface area contributed by atoms with Crippen LogP contribution < -0.4 is 16.0 Å². The number of carbonyl (C=O) groups excluding carboxylic acids is 3. The van der Waals surface area contributed by atoms with Gasteiger partial charge in [0, 0.05) is 34.6 Å². The van der Waals surface area contributed by atoms with Crippen LogP contribution in [0.3, 0.4) is 0 Å². The molecule has 1 aliphatic carbocycles. The van der Waals surface area contributed by atoms with E-state index in [1.165, 1.54) is 0 Å². The lowest BCUT2D eigenvalue weighted by Crippen LogP contribution is -2.54. The van der Waals surface area contributed by atoms with Crippen LogP contribution in [0.1, 0.15) is 55.9 Å². The lowest BCUT2D eigenvalue weighted by atomic mass is 9.60. The molecular formula is C30H33N3O4. The zero-order valence-electron chi connectivity index (χ0n) is 22.2. The third-order valence-corrected chi connectivity index (χ3v) is 7.48. The van der Waals surface area contributed by atoms with Crippen molar-refractivity contribution in [3.05, 3.63) is 81.3 Å². The summed E-state index contributed by atoms with van der Waals surface area (Å²) in [5.41, 5.74) is 10.6. The van der Waals surface area contributed by atoms with Gasteiger partial charge in [-0.2, -0.15) is 0 Å². The second kappa shape index (κ2) is 8.33. The van der Waals surface area contributed by atoms with Crippen LogP contribution in [0.4, 0.5) is 11.4 Å². The number of benzene rings is 2. The van der Waals surface area contributed by atoms with Crippen LogP contribution in [0.5, 0.6) is 0 Å². The molecule has 3 N–H and O–H groups in total. The summed E-state index contributed by atoms with van der Waals surface area (Å²) in [4.78, 5) is 43.7. The van der Waals surface area contributed by atoms with E-state index in [1.54, 1.807) is 11.8 Å². The molecule has 1 atom stereocenters. The van der Waals surface area contributed by atoms with E-state index in [1.807, 2.05) is 65.0 Å². The number of hydrogen-bond donors (Lipinski definition) is 2. The number of ether oxygens (including phenoxy) is 1. The van der Waals surface area contributed by atoms with Crippen molar-refractivity contribution < 1.29 is 19.1 Å².